The highest BCUT2D eigenvalue weighted by Gasteiger charge is 2.34. The third-order valence-electron chi connectivity index (χ3n) is 7.09. The Morgan fingerprint density at radius 2 is 1.90 bits per heavy atom. The van der Waals surface area contributed by atoms with Crippen LogP contribution in [0.4, 0.5) is 5.00 Å². The molecule has 2 saturated heterocycles. The van der Waals surface area contributed by atoms with Gasteiger partial charge >= 0.3 is 0 Å². The third kappa shape index (κ3) is 7.20. The number of ether oxygens (including phenoxy) is 1. The van der Waals surface area contributed by atoms with Crippen molar-refractivity contribution in [2.75, 3.05) is 64.4 Å². The van der Waals surface area contributed by atoms with E-state index in [9.17, 15) is 0 Å². The minimum atomic E-state index is 0. The number of guanidine groups is 1. The average Bonchev–Trinajstić information content (AvgIpc) is 3.33. The standard InChI is InChI=1S/C23H39N5OS.HI/c1-24-22(26-20-7-11-28(12-8-20)21-6-5-17-30-21)25-18-23(9-3-2-4-10-23)19-27-13-15-29-16-14-27;/h5-6,17,20H,2-4,7-16,18-19H2,1H3,(H2,24,25,26);1H. The highest BCUT2D eigenvalue weighted by molar-refractivity contribution is 14.0. The predicted molar refractivity (Wildman–Crippen MR) is 142 cm³/mol. The first-order valence-electron chi connectivity index (χ1n) is 11.8. The summed E-state index contributed by atoms with van der Waals surface area (Å²) in [5.74, 6) is 0.983. The summed E-state index contributed by atoms with van der Waals surface area (Å²) in [4.78, 5) is 9.69. The van der Waals surface area contributed by atoms with Gasteiger partial charge in [0.05, 0.1) is 18.2 Å². The largest absolute Gasteiger partial charge is 0.379 e. The van der Waals surface area contributed by atoms with Gasteiger partial charge in [0.25, 0.3) is 0 Å². The molecular formula is C23H40IN5OS. The Labute approximate surface area is 209 Å². The molecule has 0 amide bonds. The lowest BCUT2D eigenvalue weighted by Crippen LogP contribution is -2.53. The first-order valence-corrected chi connectivity index (χ1v) is 12.7. The van der Waals surface area contributed by atoms with Crippen LogP contribution in [0.25, 0.3) is 0 Å². The maximum Gasteiger partial charge on any atom is 0.191 e. The first-order chi connectivity index (χ1) is 14.8. The molecule has 8 heteroatoms. The Kier molecular flexibility index (Phi) is 10.2. The van der Waals surface area contributed by atoms with E-state index in [-0.39, 0.29) is 24.0 Å². The lowest BCUT2D eigenvalue weighted by Gasteiger charge is -2.42. The molecule has 4 rings (SSSR count). The van der Waals surface area contributed by atoms with E-state index in [1.807, 2.05) is 18.4 Å². The molecule has 3 fully saturated rings. The molecule has 1 aromatic heterocycles. The Morgan fingerprint density at radius 3 is 2.55 bits per heavy atom. The van der Waals surface area contributed by atoms with Crippen LogP contribution in [-0.4, -0.2) is 76.4 Å². The number of halogens is 1. The molecule has 2 N–H and O–H groups in total. The maximum absolute atomic E-state index is 5.56. The van der Waals surface area contributed by atoms with Crippen molar-refractivity contribution in [1.29, 1.82) is 0 Å². The summed E-state index contributed by atoms with van der Waals surface area (Å²) in [6.45, 7) is 8.40. The number of piperidine rings is 1. The fourth-order valence-corrected chi connectivity index (χ4v) is 6.06. The highest BCUT2D eigenvalue weighted by Crippen LogP contribution is 2.36. The van der Waals surface area contributed by atoms with Gasteiger partial charge in [0.2, 0.25) is 0 Å². The van der Waals surface area contributed by atoms with Crippen molar-refractivity contribution in [3.63, 3.8) is 0 Å². The van der Waals surface area contributed by atoms with Crippen LogP contribution in [0, 0.1) is 5.41 Å². The summed E-state index contributed by atoms with van der Waals surface area (Å²) in [6, 6.07) is 4.89. The zero-order valence-electron chi connectivity index (χ0n) is 19.0. The number of aliphatic imine (C=N–C) groups is 1. The molecule has 1 saturated carbocycles. The summed E-state index contributed by atoms with van der Waals surface area (Å²) < 4.78 is 5.56. The van der Waals surface area contributed by atoms with Gasteiger partial charge in [-0.1, -0.05) is 19.3 Å². The quantitative estimate of drug-likeness (QED) is 0.315. The first kappa shape index (κ1) is 25.1. The van der Waals surface area contributed by atoms with Gasteiger partial charge in [-0.3, -0.25) is 9.89 Å². The molecule has 2 aliphatic heterocycles. The molecule has 0 radical (unpaired) electrons. The summed E-state index contributed by atoms with van der Waals surface area (Å²) in [5, 5.41) is 11.0. The Hall–Kier alpha value is -0.580. The van der Waals surface area contributed by atoms with Crippen LogP contribution in [0.15, 0.2) is 22.5 Å². The second kappa shape index (κ2) is 12.6. The van der Waals surface area contributed by atoms with Crippen molar-refractivity contribution in [3.05, 3.63) is 17.5 Å². The van der Waals surface area contributed by atoms with Crippen LogP contribution in [0.5, 0.6) is 0 Å². The van der Waals surface area contributed by atoms with Crippen LogP contribution in [0.3, 0.4) is 0 Å². The van der Waals surface area contributed by atoms with Crippen LogP contribution >= 0.6 is 35.3 Å². The van der Waals surface area contributed by atoms with Crippen molar-refractivity contribution in [1.82, 2.24) is 15.5 Å². The third-order valence-corrected chi connectivity index (χ3v) is 8.01. The molecular weight excluding hydrogens is 521 g/mol. The lowest BCUT2D eigenvalue weighted by atomic mass is 9.73. The fraction of sp³-hybridized carbons (Fsp3) is 0.783. The molecule has 0 spiro atoms. The van der Waals surface area contributed by atoms with E-state index in [2.05, 4.69) is 42.9 Å². The van der Waals surface area contributed by atoms with Gasteiger partial charge in [0, 0.05) is 57.8 Å². The van der Waals surface area contributed by atoms with E-state index in [4.69, 9.17) is 4.74 Å². The monoisotopic (exact) mass is 561 g/mol. The van der Waals surface area contributed by atoms with Gasteiger partial charge in [-0.05, 0) is 43.2 Å². The molecule has 1 aliphatic carbocycles. The molecule has 0 aromatic carbocycles. The Bertz CT molecular complexity index is 651. The van der Waals surface area contributed by atoms with E-state index < -0.39 is 0 Å². The maximum atomic E-state index is 5.56. The van der Waals surface area contributed by atoms with Gasteiger partial charge in [-0.15, -0.1) is 35.3 Å². The molecule has 0 unspecified atom stereocenters. The van der Waals surface area contributed by atoms with Crippen molar-refractivity contribution in [2.45, 2.75) is 51.0 Å². The van der Waals surface area contributed by atoms with Gasteiger partial charge in [0.15, 0.2) is 5.96 Å². The fourth-order valence-electron chi connectivity index (χ4n) is 5.28. The van der Waals surface area contributed by atoms with E-state index in [0.29, 0.717) is 11.5 Å². The number of thiophene rings is 1. The summed E-state index contributed by atoms with van der Waals surface area (Å²) in [6.07, 6.45) is 9.09. The summed E-state index contributed by atoms with van der Waals surface area (Å²) in [7, 11) is 1.91. The van der Waals surface area contributed by atoms with Crippen LogP contribution in [-0.2, 0) is 4.74 Å². The number of hydrogen-bond acceptors (Lipinski definition) is 5. The van der Waals surface area contributed by atoms with Gasteiger partial charge in [0.1, 0.15) is 0 Å². The second-order valence-corrected chi connectivity index (χ2v) is 10.2. The zero-order valence-corrected chi connectivity index (χ0v) is 22.1. The van der Waals surface area contributed by atoms with Crippen molar-refractivity contribution < 1.29 is 4.74 Å². The second-order valence-electron chi connectivity index (χ2n) is 9.23. The molecule has 1 aromatic rings. The number of hydrogen-bond donors (Lipinski definition) is 2. The normalized spacial score (nSPS) is 23.3. The SMILES string of the molecule is CN=C(NCC1(CN2CCOCC2)CCCCC1)NC1CCN(c2cccs2)CC1.I. The summed E-state index contributed by atoms with van der Waals surface area (Å²) >= 11 is 1.84. The molecule has 3 aliphatic rings. The molecule has 6 nitrogen and oxygen atoms in total. The van der Waals surface area contributed by atoms with E-state index in [1.54, 1.807) is 0 Å². The number of anilines is 1. The van der Waals surface area contributed by atoms with Crippen molar-refractivity contribution >= 4 is 46.3 Å². The number of morpholine rings is 1. The van der Waals surface area contributed by atoms with Gasteiger partial charge in [-0.2, -0.15) is 0 Å². The van der Waals surface area contributed by atoms with Crippen LogP contribution in [0.1, 0.15) is 44.9 Å². The minimum Gasteiger partial charge on any atom is -0.379 e. The van der Waals surface area contributed by atoms with Crippen LogP contribution in [0.2, 0.25) is 0 Å². The Balaban J connectivity index is 0.00000272. The van der Waals surface area contributed by atoms with E-state index in [0.717, 1.165) is 64.7 Å². The molecule has 0 atom stereocenters. The Morgan fingerprint density at radius 1 is 1.16 bits per heavy atom. The van der Waals surface area contributed by atoms with E-state index >= 15 is 0 Å². The smallest absolute Gasteiger partial charge is 0.191 e. The molecule has 0 bridgehead atoms. The minimum absolute atomic E-state index is 0. The van der Waals surface area contributed by atoms with E-state index in [1.165, 1.54) is 43.6 Å². The lowest BCUT2D eigenvalue weighted by molar-refractivity contribution is 0.00819. The van der Waals surface area contributed by atoms with Crippen LogP contribution < -0.4 is 15.5 Å². The molecule has 3 heterocycles. The van der Waals surface area contributed by atoms with Gasteiger partial charge < -0.3 is 20.3 Å². The topological polar surface area (TPSA) is 52.1 Å². The highest BCUT2D eigenvalue weighted by atomic mass is 127. The number of nitrogens with zero attached hydrogens (tertiary/aromatic N) is 3. The number of rotatable bonds is 6. The number of nitrogens with one attached hydrogen (secondary N) is 2. The average molecular weight is 562 g/mol. The van der Waals surface area contributed by atoms with Gasteiger partial charge in [-0.25, -0.2) is 0 Å². The molecule has 31 heavy (non-hydrogen) atoms. The zero-order chi connectivity index (χ0) is 20.7. The van der Waals surface area contributed by atoms with Crippen molar-refractivity contribution in [3.8, 4) is 0 Å². The molecule has 176 valence electrons. The van der Waals surface area contributed by atoms with Crippen molar-refractivity contribution in [2.24, 2.45) is 10.4 Å². The predicted octanol–water partition coefficient (Wildman–Crippen LogP) is 3.78. The summed E-state index contributed by atoms with van der Waals surface area (Å²) in [5.41, 5.74) is 0.371.